The van der Waals surface area contributed by atoms with Crippen molar-refractivity contribution < 1.29 is 14.6 Å². The number of hydrogen-bond acceptors (Lipinski definition) is 8. The molecule has 0 radical (unpaired) electrons. The van der Waals surface area contributed by atoms with Crippen molar-refractivity contribution in [3.05, 3.63) is 59.6 Å². The number of aromatic nitrogens is 3. The van der Waals surface area contributed by atoms with Crippen LogP contribution in [0, 0.1) is 0 Å². The van der Waals surface area contributed by atoms with Gasteiger partial charge in [-0.3, -0.25) is 0 Å². The molecule has 0 spiro atoms. The van der Waals surface area contributed by atoms with Gasteiger partial charge in [-0.15, -0.1) is 16.8 Å². The number of hydrogen-bond donors (Lipinski definition) is 2. The fraction of sp³-hybridized carbons (Fsp3) is 0.150. The van der Waals surface area contributed by atoms with Gasteiger partial charge in [0.05, 0.1) is 12.1 Å². The first-order valence-corrected chi connectivity index (χ1v) is 10.0. The van der Waals surface area contributed by atoms with Gasteiger partial charge in [0.25, 0.3) is 0 Å². The average molecular weight is 429 g/mol. The third kappa shape index (κ3) is 3.81. The molecule has 9 heteroatoms. The lowest BCUT2D eigenvalue weighted by Gasteiger charge is -2.21. The number of nitrogens with one attached hydrogen (secondary N) is 1. The van der Waals surface area contributed by atoms with Crippen molar-refractivity contribution in [3.63, 3.8) is 0 Å². The molecule has 2 N–H and O–H groups in total. The molecule has 1 aromatic heterocycles. The van der Waals surface area contributed by atoms with Gasteiger partial charge >= 0.3 is 0 Å². The van der Waals surface area contributed by atoms with Crippen molar-refractivity contribution in [2.75, 3.05) is 18.2 Å². The highest BCUT2D eigenvalue weighted by atomic mass is 35.5. The topological polar surface area (TPSA) is 89.4 Å². The van der Waals surface area contributed by atoms with Crippen LogP contribution in [-0.2, 0) is 0 Å². The van der Waals surface area contributed by atoms with Gasteiger partial charge in [0.1, 0.15) is 0 Å². The number of methoxy groups -OCH3 is 1. The van der Waals surface area contributed by atoms with Gasteiger partial charge in [-0.1, -0.05) is 47.6 Å². The van der Waals surface area contributed by atoms with Gasteiger partial charge in [0.2, 0.25) is 11.0 Å². The van der Waals surface area contributed by atoms with Crippen molar-refractivity contribution in [2.24, 2.45) is 0 Å². The van der Waals surface area contributed by atoms with E-state index in [9.17, 15) is 5.11 Å². The van der Waals surface area contributed by atoms with E-state index in [0.717, 1.165) is 11.3 Å². The zero-order valence-corrected chi connectivity index (χ0v) is 17.0. The summed E-state index contributed by atoms with van der Waals surface area (Å²) in [6.45, 7) is 3.71. The second-order valence-corrected chi connectivity index (χ2v) is 7.48. The zero-order valence-electron chi connectivity index (χ0n) is 15.4. The molecular formula is C20H17ClN4O3S. The molecule has 0 bridgehead atoms. The average Bonchev–Trinajstić information content (AvgIpc) is 2.88. The number of phenols is 1. The summed E-state index contributed by atoms with van der Waals surface area (Å²) < 4.78 is 11.4. The molecule has 1 atom stereocenters. The Balaban J connectivity index is 1.83. The molecule has 2 aromatic carbocycles. The Morgan fingerprint density at radius 2 is 2.17 bits per heavy atom. The van der Waals surface area contributed by atoms with E-state index in [4.69, 9.17) is 21.1 Å². The number of benzene rings is 2. The highest BCUT2D eigenvalue weighted by Crippen LogP contribution is 2.42. The molecule has 0 saturated carbocycles. The number of anilines is 1. The summed E-state index contributed by atoms with van der Waals surface area (Å²) in [5.41, 5.74) is 2.72. The van der Waals surface area contributed by atoms with Crippen LogP contribution in [0.25, 0.3) is 11.3 Å². The molecule has 1 aliphatic heterocycles. The van der Waals surface area contributed by atoms with Gasteiger partial charge in [-0.2, -0.15) is 4.98 Å². The number of halogens is 1. The number of aromatic hydroxyl groups is 1. The number of nitrogens with zero attached hydrogens (tertiary/aromatic N) is 3. The summed E-state index contributed by atoms with van der Waals surface area (Å²) >= 11 is 7.81. The van der Waals surface area contributed by atoms with Crippen LogP contribution in [0.1, 0.15) is 11.8 Å². The van der Waals surface area contributed by atoms with Crippen molar-refractivity contribution in [3.8, 4) is 28.6 Å². The van der Waals surface area contributed by atoms with Gasteiger partial charge in [-0.25, -0.2) is 0 Å². The maximum atomic E-state index is 9.99. The molecule has 0 amide bonds. The molecule has 4 rings (SSSR count). The van der Waals surface area contributed by atoms with Crippen LogP contribution in [0.3, 0.4) is 0 Å². The van der Waals surface area contributed by atoms with Crippen LogP contribution >= 0.6 is 23.4 Å². The van der Waals surface area contributed by atoms with Crippen LogP contribution in [0.2, 0.25) is 5.02 Å². The quantitative estimate of drug-likeness (QED) is 0.447. The fourth-order valence-electron chi connectivity index (χ4n) is 2.91. The number of fused-ring (bicyclic) bond motifs is 3. The van der Waals surface area contributed by atoms with Crippen molar-refractivity contribution in [1.29, 1.82) is 0 Å². The summed E-state index contributed by atoms with van der Waals surface area (Å²) in [5.74, 6) is 1.22. The van der Waals surface area contributed by atoms with E-state index < -0.39 is 6.23 Å². The predicted octanol–water partition coefficient (Wildman–Crippen LogP) is 4.69. The maximum absolute atomic E-state index is 9.99. The molecule has 2 heterocycles. The second-order valence-electron chi connectivity index (χ2n) is 6.08. The van der Waals surface area contributed by atoms with E-state index in [0.29, 0.717) is 33.1 Å². The van der Waals surface area contributed by atoms with Crippen LogP contribution in [0.4, 0.5) is 5.69 Å². The Morgan fingerprint density at radius 3 is 2.97 bits per heavy atom. The maximum Gasteiger partial charge on any atom is 0.247 e. The molecule has 7 nitrogen and oxygen atoms in total. The molecule has 3 aromatic rings. The third-order valence-electron chi connectivity index (χ3n) is 4.24. The minimum Gasteiger partial charge on any atom is -0.504 e. The largest absolute Gasteiger partial charge is 0.504 e. The third-order valence-corrected chi connectivity index (χ3v) is 5.41. The molecule has 0 unspecified atom stereocenters. The lowest BCUT2D eigenvalue weighted by molar-refractivity contribution is 0.224. The van der Waals surface area contributed by atoms with E-state index >= 15 is 0 Å². The normalized spacial score (nSPS) is 14.6. The Morgan fingerprint density at radius 1 is 1.34 bits per heavy atom. The first kappa shape index (κ1) is 19.4. The number of thioether (sulfide) groups is 1. The minimum atomic E-state index is -0.687. The first-order chi connectivity index (χ1) is 14.1. The standard InChI is InChI=1S/C20H17ClN4O3S/c1-3-8-29-20-23-19-17(24-25-20)11-6-4-5-7-14(11)22-18(28-19)12-9-16(27-2)15(26)10-13(12)21/h3-7,9-10,18,22,26H,1,8H2,2H3/t18-/m1/s1. The molecule has 1 aliphatic rings. The predicted molar refractivity (Wildman–Crippen MR) is 113 cm³/mol. The summed E-state index contributed by atoms with van der Waals surface area (Å²) in [5, 5.41) is 22.7. The van der Waals surface area contributed by atoms with Crippen LogP contribution < -0.4 is 14.8 Å². The molecule has 0 saturated heterocycles. The summed E-state index contributed by atoms with van der Waals surface area (Å²) in [6.07, 6.45) is 1.08. The number of para-hydroxylation sites is 1. The van der Waals surface area contributed by atoms with Crippen molar-refractivity contribution in [1.82, 2.24) is 15.2 Å². The highest BCUT2D eigenvalue weighted by Gasteiger charge is 2.28. The SMILES string of the molecule is C=CCSc1nnc2c(n1)O[C@H](c1cc(OC)c(O)cc1Cl)Nc1ccccc1-2. The highest BCUT2D eigenvalue weighted by molar-refractivity contribution is 7.99. The monoisotopic (exact) mass is 428 g/mol. The van der Waals surface area contributed by atoms with Crippen LogP contribution in [0.5, 0.6) is 17.4 Å². The summed E-state index contributed by atoms with van der Waals surface area (Å²) in [7, 11) is 1.47. The zero-order chi connectivity index (χ0) is 20.4. The van der Waals surface area contributed by atoms with Gasteiger partial charge in [-0.05, 0) is 12.1 Å². The number of phenolic OH excluding ortho intramolecular Hbond substituents is 1. The lowest BCUT2D eigenvalue weighted by atomic mass is 10.1. The van der Waals surface area contributed by atoms with E-state index in [1.54, 1.807) is 12.1 Å². The number of rotatable bonds is 5. The van der Waals surface area contributed by atoms with E-state index in [1.807, 2.05) is 24.3 Å². The van der Waals surface area contributed by atoms with E-state index in [2.05, 4.69) is 27.1 Å². The van der Waals surface area contributed by atoms with Crippen molar-refractivity contribution >= 4 is 29.1 Å². The smallest absolute Gasteiger partial charge is 0.247 e. The summed E-state index contributed by atoms with van der Waals surface area (Å²) in [6, 6.07) is 10.7. The van der Waals surface area contributed by atoms with Crippen molar-refractivity contribution in [2.45, 2.75) is 11.4 Å². The summed E-state index contributed by atoms with van der Waals surface area (Å²) in [4.78, 5) is 4.53. The van der Waals surface area contributed by atoms with Gasteiger partial charge in [0.15, 0.2) is 23.4 Å². The molecule has 148 valence electrons. The molecule has 0 aliphatic carbocycles. The Kier molecular flexibility index (Phi) is 5.46. The van der Waals surface area contributed by atoms with Gasteiger partial charge in [0, 0.05) is 28.6 Å². The van der Waals surface area contributed by atoms with E-state index in [1.165, 1.54) is 24.9 Å². The Labute approximate surface area is 176 Å². The lowest BCUT2D eigenvalue weighted by Crippen LogP contribution is -2.17. The van der Waals surface area contributed by atoms with E-state index in [-0.39, 0.29) is 11.5 Å². The second kappa shape index (κ2) is 8.18. The minimum absolute atomic E-state index is 0.0530. The van der Waals surface area contributed by atoms with Crippen LogP contribution in [0.15, 0.2) is 54.2 Å². The Bertz CT molecular complexity index is 1080. The molecular weight excluding hydrogens is 412 g/mol. The fourth-order valence-corrected chi connectivity index (χ4v) is 3.68. The number of ether oxygens (including phenoxy) is 2. The Hall–Kier alpha value is -2.97. The molecule has 29 heavy (non-hydrogen) atoms. The first-order valence-electron chi connectivity index (χ1n) is 8.68. The van der Waals surface area contributed by atoms with Gasteiger partial charge < -0.3 is 19.9 Å². The van der Waals surface area contributed by atoms with Crippen LogP contribution in [-0.4, -0.2) is 33.2 Å². The molecule has 0 fully saturated rings.